The van der Waals surface area contributed by atoms with Crippen molar-refractivity contribution in [3.05, 3.63) is 24.0 Å². The highest BCUT2D eigenvalue weighted by molar-refractivity contribution is 5.91. The predicted molar refractivity (Wildman–Crippen MR) is 77.9 cm³/mol. The van der Waals surface area contributed by atoms with Gasteiger partial charge < -0.3 is 10.0 Å². The maximum Gasteiger partial charge on any atom is 0.246 e. The molecule has 2 atom stereocenters. The van der Waals surface area contributed by atoms with Crippen LogP contribution in [0.4, 0.5) is 0 Å². The molecule has 1 N–H and O–H groups in total. The molecule has 1 aromatic rings. The SMILES string of the molecule is CCn1nccc1/C=C/C(=O)N1CCCC(C(C)O)C1. The summed E-state index contributed by atoms with van der Waals surface area (Å²) in [5, 5.41) is 13.8. The Labute approximate surface area is 119 Å². The molecule has 5 nitrogen and oxygen atoms in total. The molecule has 2 rings (SSSR count). The molecule has 0 radical (unpaired) electrons. The van der Waals surface area contributed by atoms with E-state index >= 15 is 0 Å². The van der Waals surface area contributed by atoms with Gasteiger partial charge in [-0.25, -0.2) is 0 Å². The van der Waals surface area contributed by atoms with Gasteiger partial charge in [-0.1, -0.05) is 0 Å². The van der Waals surface area contributed by atoms with Gasteiger partial charge in [-0.2, -0.15) is 5.10 Å². The van der Waals surface area contributed by atoms with Crippen molar-refractivity contribution in [2.24, 2.45) is 5.92 Å². The van der Waals surface area contributed by atoms with Crippen LogP contribution in [0.1, 0.15) is 32.4 Å². The van der Waals surface area contributed by atoms with Gasteiger partial charge >= 0.3 is 0 Å². The van der Waals surface area contributed by atoms with Crippen molar-refractivity contribution in [2.75, 3.05) is 13.1 Å². The van der Waals surface area contributed by atoms with Crippen LogP contribution in [0.25, 0.3) is 6.08 Å². The Morgan fingerprint density at radius 1 is 1.65 bits per heavy atom. The van der Waals surface area contributed by atoms with E-state index in [4.69, 9.17) is 0 Å². The van der Waals surface area contributed by atoms with E-state index in [0.29, 0.717) is 6.54 Å². The Kier molecular flexibility index (Phi) is 4.95. The monoisotopic (exact) mass is 277 g/mol. The van der Waals surface area contributed by atoms with Gasteiger partial charge in [0.2, 0.25) is 5.91 Å². The van der Waals surface area contributed by atoms with Crippen molar-refractivity contribution in [1.29, 1.82) is 0 Å². The van der Waals surface area contributed by atoms with Crippen LogP contribution in [0.3, 0.4) is 0 Å². The van der Waals surface area contributed by atoms with Gasteiger partial charge in [-0.05, 0) is 38.8 Å². The second-order valence-corrected chi connectivity index (χ2v) is 5.33. The standard InChI is InChI=1S/C15H23N3O2/c1-3-18-14(8-9-16-18)6-7-15(20)17-10-4-5-13(11-17)12(2)19/h6-9,12-13,19H,3-5,10-11H2,1-2H3/b7-6+. The lowest BCUT2D eigenvalue weighted by atomic mass is 9.93. The number of rotatable bonds is 4. The van der Waals surface area contributed by atoms with Gasteiger partial charge in [-0.15, -0.1) is 0 Å². The number of amides is 1. The number of carbonyl (C=O) groups is 1. The zero-order valence-corrected chi connectivity index (χ0v) is 12.2. The molecule has 0 spiro atoms. The minimum absolute atomic E-state index is 0.0132. The number of likely N-dealkylation sites (tertiary alicyclic amines) is 1. The van der Waals surface area contributed by atoms with E-state index in [0.717, 1.165) is 31.6 Å². The second-order valence-electron chi connectivity index (χ2n) is 5.33. The zero-order valence-electron chi connectivity index (χ0n) is 12.2. The van der Waals surface area contributed by atoms with E-state index in [1.807, 2.05) is 28.6 Å². The van der Waals surface area contributed by atoms with Crippen LogP contribution < -0.4 is 0 Å². The molecular formula is C15H23N3O2. The summed E-state index contributed by atoms with van der Waals surface area (Å²) in [4.78, 5) is 14.0. The average Bonchev–Trinajstić information content (AvgIpc) is 2.92. The van der Waals surface area contributed by atoms with Crippen molar-refractivity contribution < 1.29 is 9.90 Å². The smallest absolute Gasteiger partial charge is 0.246 e. The molecule has 0 bridgehead atoms. The Morgan fingerprint density at radius 2 is 2.45 bits per heavy atom. The Morgan fingerprint density at radius 3 is 3.15 bits per heavy atom. The molecule has 1 aliphatic heterocycles. The van der Waals surface area contributed by atoms with Gasteiger partial charge in [0.1, 0.15) is 0 Å². The van der Waals surface area contributed by atoms with Crippen LogP contribution in [-0.2, 0) is 11.3 Å². The molecule has 0 aliphatic carbocycles. The first kappa shape index (κ1) is 14.8. The normalized spacial score (nSPS) is 21.4. The molecule has 5 heteroatoms. The van der Waals surface area contributed by atoms with E-state index in [1.165, 1.54) is 0 Å². The first-order valence-electron chi connectivity index (χ1n) is 7.28. The van der Waals surface area contributed by atoms with E-state index in [1.54, 1.807) is 19.2 Å². The summed E-state index contributed by atoms with van der Waals surface area (Å²) >= 11 is 0. The fraction of sp³-hybridized carbons (Fsp3) is 0.600. The third kappa shape index (κ3) is 3.48. The van der Waals surface area contributed by atoms with Crippen LogP contribution >= 0.6 is 0 Å². The molecule has 1 amide bonds. The molecule has 1 aromatic heterocycles. The summed E-state index contributed by atoms with van der Waals surface area (Å²) in [7, 11) is 0. The number of hydrogen-bond acceptors (Lipinski definition) is 3. The molecule has 2 heterocycles. The van der Waals surface area contributed by atoms with E-state index in [9.17, 15) is 9.90 Å². The number of nitrogens with zero attached hydrogens (tertiary/aromatic N) is 3. The lowest BCUT2D eigenvalue weighted by Gasteiger charge is -2.33. The van der Waals surface area contributed by atoms with Gasteiger partial charge in [0.05, 0.1) is 11.8 Å². The largest absolute Gasteiger partial charge is 0.393 e. The Balaban J connectivity index is 1.97. The van der Waals surface area contributed by atoms with Crippen molar-refractivity contribution in [3.8, 4) is 0 Å². The summed E-state index contributed by atoms with van der Waals surface area (Å²) in [5.41, 5.74) is 0.935. The Hall–Kier alpha value is -1.62. The number of carbonyl (C=O) groups excluding carboxylic acids is 1. The minimum atomic E-state index is -0.351. The third-order valence-corrected chi connectivity index (χ3v) is 3.90. The van der Waals surface area contributed by atoms with Crippen molar-refractivity contribution >= 4 is 12.0 Å². The molecule has 20 heavy (non-hydrogen) atoms. The molecular weight excluding hydrogens is 254 g/mol. The van der Waals surface area contributed by atoms with E-state index in [2.05, 4.69) is 5.10 Å². The number of piperidine rings is 1. The van der Waals surface area contributed by atoms with Gasteiger partial charge in [0, 0.05) is 37.8 Å². The third-order valence-electron chi connectivity index (χ3n) is 3.90. The highest BCUT2D eigenvalue weighted by Gasteiger charge is 2.25. The lowest BCUT2D eigenvalue weighted by molar-refractivity contribution is -0.128. The first-order valence-corrected chi connectivity index (χ1v) is 7.28. The number of hydrogen-bond donors (Lipinski definition) is 1. The lowest BCUT2D eigenvalue weighted by Crippen LogP contribution is -2.42. The van der Waals surface area contributed by atoms with Crippen LogP contribution in [-0.4, -0.2) is 44.9 Å². The number of aromatic nitrogens is 2. The summed E-state index contributed by atoms with van der Waals surface area (Å²) < 4.78 is 1.85. The van der Waals surface area contributed by atoms with Gasteiger partial charge in [0.25, 0.3) is 0 Å². The van der Waals surface area contributed by atoms with Crippen LogP contribution in [0.15, 0.2) is 18.3 Å². The highest BCUT2D eigenvalue weighted by Crippen LogP contribution is 2.20. The highest BCUT2D eigenvalue weighted by atomic mass is 16.3. The molecule has 2 unspecified atom stereocenters. The number of aryl methyl sites for hydroxylation is 1. The minimum Gasteiger partial charge on any atom is -0.393 e. The van der Waals surface area contributed by atoms with E-state index < -0.39 is 0 Å². The molecule has 0 aromatic carbocycles. The molecule has 0 saturated carbocycles. The van der Waals surface area contributed by atoms with Crippen LogP contribution in [0, 0.1) is 5.92 Å². The predicted octanol–water partition coefficient (Wildman–Crippen LogP) is 1.54. The van der Waals surface area contributed by atoms with Crippen molar-refractivity contribution in [1.82, 2.24) is 14.7 Å². The topological polar surface area (TPSA) is 58.4 Å². The summed E-state index contributed by atoms with van der Waals surface area (Å²) in [6.07, 6.45) is 6.75. The van der Waals surface area contributed by atoms with Crippen LogP contribution in [0.2, 0.25) is 0 Å². The molecule has 1 aliphatic rings. The van der Waals surface area contributed by atoms with Gasteiger partial charge in [-0.3, -0.25) is 9.48 Å². The van der Waals surface area contributed by atoms with Crippen molar-refractivity contribution in [3.63, 3.8) is 0 Å². The number of aliphatic hydroxyl groups excluding tert-OH is 1. The maximum absolute atomic E-state index is 12.2. The second kappa shape index (κ2) is 6.70. The quantitative estimate of drug-likeness (QED) is 0.849. The van der Waals surface area contributed by atoms with E-state index in [-0.39, 0.29) is 17.9 Å². The summed E-state index contributed by atoms with van der Waals surface area (Å²) in [6, 6.07) is 1.89. The summed E-state index contributed by atoms with van der Waals surface area (Å²) in [5.74, 6) is 0.210. The molecule has 1 fully saturated rings. The maximum atomic E-state index is 12.2. The molecule has 110 valence electrons. The fourth-order valence-electron chi connectivity index (χ4n) is 2.61. The average molecular weight is 277 g/mol. The van der Waals surface area contributed by atoms with Gasteiger partial charge in [0.15, 0.2) is 0 Å². The van der Waals surface area contributed by atoms with Crippen molar-refractivity contribution in [2.45, 2.75) is 39.3 Å². The first-order chi connectivity index (χ1) is 9.61. The zero-order chi connectivity index (χ0) is 14.5. The molecule has 1 saturated heterocycles. The van der Waals surface area contributed by atoms with Crippen LogP contribution in [0.5, 0.6) is 0 Å². The Bertz CT molecular complexity index is 479. The number of aliphatic hydroxyl groups is 1. The fourth-order valence-corrected chi connectivity index (χ4v) is 2.61. The summed E-state index contributed by atoms with van der Waals surface area (Å²) in [6.45, 7) is 6.03.